The molecular formula is C30H21BN2. The van der Waals surface area contributed by atoms with E-state index in [1.54, 1.807) is 0 Å². The summed E-state index contributed by atoms with van der Waals surface area (Å²) in [7, 11) is 2.15. The Morgan fingerprint density at radius 1 is 0.515 bits per heavy atom. The van der Waals surface area contributed by atoms with Crippen LogP contribution >= 0.6 is 0 Å². The van der Waals surface area contributed by atoms with Crippen molar-refractivity contribution in [2.24, 2.45) is 0 Å². The molecule has 0 spiro atoms. The SMILES string of the molecule is Bc1ccc2[nH]c3ccc(-c4ccc(-n5c6ccccc6c6ccccc65)cc4)cc3c2c1. The Hall–Kier alpha value is -4.24. The van der Waals surface area contributed by atoms with Crippen LogP contribution in [0, 0.1) is 0 Å². The lowest BCUT2D eigenvalue weighted by molar-refractivity contribution is 1.18. The minimum Gasteiger partial charge on any atom is -0.355 e. The molecule has 2 heterocycles. The Kier molecular flexibility index (Phi) is 3.83. The first-order valence-electron chi connectivity index (χ1n) is 11.4. The van der Waals surface area contributed by atoms with Crippen LogP contribution in [0.25, 0.3) is 60.4 Å². The Balaban J connectivity index is 1.37. The van der Waals surface area contributed by atoms with E-state index in [1.165, 1.54) is 65.9 Å². The summed E-state index contributed by atoms with van der Waals surface area (Å²) in [4.78, 5) is 3.54. The van der Waals surface area contributed by atoms with Crippen molar-refractivity contribution in [3.05, 3.63) is 109 Å². The second-order valence-electron chi connectivity index (χ2n) is 8.85. The van der Waals surface area contributed by atoms with Gasteiger partial charge in [0.25, 0.3) is 0 Å². The minimum atomic E-state index is 1.18. The summed E-state index contributed by atoms with van der Waals surface area (Å²) >= 11 is 0. The van der Waals surface area contributed by atoms with Gasteiger partial charge in [-0.25, -0.2) is 0 Å². The van der Waals surface area contributed by atoms with Gasteiger partial charge in [0.15, 0.2) is 0 Å². The van der Waals surface area contributed by atoms with Crippen molar-refractivity contribution in [1.29, 1.82) is 0 Å². The first-order valence-corrected chi connectivity index (χ1v) is 11.4. The average Bonchev–Trinajstić information content (AvgIpc) is 3.39. The van der Waals surface area contributed by atoms with Crippen LogP contribution in [0.3, 0.4) is 0 Å². The fraction of sp³-hybridized carbons (Fsp3) is 0. The van der Waals surface area contributed by atoms with Crippen LogP contribution in [-0.4, -0.2) is 17.4 Å². The molecule has 0 saturated carbocycles. The van der Waals surface area contributed by atoms with Gasteiger partial charge in [0, 0.05) is 38.3 Å². The van der Waals surface area contributed by atoms with Crippen molar-refractivity contribution >= 4 is 56.9 Å². The minimum absolute atomic E-state index is 1.18. The largest absolute Gasteiger partial charge is 0.355 e. The predicted molar refractivity (Wildman–Crippen MR) is 144 cm³/mol. The van der Waals surface area contributed by atoms with E-state index in [9.17, 15) is 0 Å². The van der Waals surface area contributed by atoms with E-state index in [4.69, 9.17) is 0 Å². The molecule has 5 aromatic carbocycles. The number of para-hydroxylation sites is 2. The molecule has 3 heteroatoms. The maximum atomic E-state index is 3.54. The van der Waals surface area contributed by atoms with E-state index in [0.717, 1.165) is 0 Å². The molecule has 1 N–H and O–H groups in total. The average molecular weight is 420 g/mol. The molecule has 0 saturated heterocycles. The van der Waals surface area contributed by atoms with Gasteiger partial charge in [-0.05, 0) is 53.6 Å². The summed E-state index contributed by atoms with van der Waals surface area (Å²) in [5, 5.41) is 5.14. The number of hydrogen-bond acceptors (Lipinski definition) is 0. The summed E-state index contributed by atoms with van der Waals surface area (Å²) in [6.07, 6.45) is 0. The van der Waals surface area contributed by atoms with Gasteiger partial charge >= 0.3 is 0 Å². The van der Waals surface area contributed by atoms with Crippen molar-refractivity contribution in [3.63, 3.8) is 0 Å². The van der Waals surface area contributed by atoms with Crippen molar-refractivity contribution in [2.75, 3.05) is 0 Å². The molecule has 0 unspecified atom stereocenters. The highest BCUT2D eigenvalue weighted by Crippen LogP contribution is 2.33. The van der Waals surface area contributed by atoms with Crippen molar-refractivity contribution < 1.29 is 0 Å². The molecule has 0 amide bonds. The molecule has 2 aromatic heterocycles. The molecule has 33 heavy (non-hydrogen) atoms. The Morgan fingerprint density at radius 3 is 1.79 bits per heavy atom. The number of H-pyrrole nitrogens is 1. The smallest absolute Gasteiger partial charge is 0.139 e. The summed E-state index contributed by atoms with van der Waals surface area (Å²) in [5.74, 6) is 0. The van der Waals surface area contributed by atoms with Gasteiger partial charge < -0.3 is 9.55 Å². The zero-order valence-electron chi connectivity index (χ0n) is 18.3. The van der Waals surface area contributed by atoms with Crippen LogP contribution in [0.4, 0.5) is 0 Å². The van der Waals surface area contributed by atoms with E-state index >= 15 is 0 Å². The Labute approximate surface area is 192 Å². The van der Waals surface area contributed by atoms with Crippen LogP contribution < -0.4 is 5.46 Å². The van der Waals surface area contributed by atoms with Crippen LogP contribution in [0.1, 0.15) is 0 Å². The molecule has 0 bridgehead atoms. The molecule has 0 atom stereocenters. The van der Waals surface area contributed by atoms with Gasteiger partial charge in [0.1, 0.15) is 7.85 Å². The molecule has 0 radical (unpaired) electrons. The van der Waals surface area contributed by atoms with Crippen LogP contribution in [0.5, 0.6) is 0 Å². The molecule has 2 nitrogen and oxygen atoms in total. The number of fused-ring (bicyclic) bond motifs is 6. The van der Waals surface area contributed by atoms with Gasteiger partial charge in [-0.1, -0.05) is 72.2 Å². The fourth-order valence-corrected chi connectivity index (χ4v) is 5.19. The number of aromatic nitrogens is 2. The van der Waals surface area contributed by atoms with E-state index < -0.39 is 0 Å². The first-order chi connectivity index (χ1) is 16.3. The second-order valence-corrected chi connectivity index (χ2v) is 8.85. The predicted octanol–water partition coefficient (Wildman–Crippen LogP) is 6.34. The topological polar surface area (TPSA) is 20.7 Å². The van der Waals surface area contributed by atoms with E-state index in [1.807, 2.05) is 0 Å². The van der Waals surface area contributed by atoms with Gasteiger partial charge in [-0.15, -0.1) is 0 Å². The number of nitrogens with one attached hydrogen (secondary N) is 1. The van der Waals surface area contributed by atoms with Crippen LogP contribution in [0.15, 0.2) is 109 Å². The zero-order valence-corrected chi connectivity index (χ0v) is 18.3. The highest BCUT2D eigenvalue weighted by molar-refractivity contribution is 6.33. The maximum absolute atomic E-state index is 3.54. The van der Waals surface area contributed by atoms with Crippen molar-refractivity contribution in [3.8, 4) is 16.8 Å². The van der Waals surface area contributed by atoms with Gasteiger partial charge in [0.2, 0.25) is 0 Å². The molecule has 7 aromatic rings. The van der Waals surface area contributed by atoms with Crippen molar-refractivity contribution in [1.82, 2.24) is 9.55 Å². The number of rotatable bonds is 2. The molecule has 154 valence electrons. The maximum Gasteiger partial charge on any atom is 0.139 e. The lowest BCUT2D eigenvalue weighted by atomic mass is 9.94. The monoisotopic (exact) mass is 420 g/mol. The van der Waals surface area contributed by atoms with E-state index in [2.05, 4.69) is 127 Å². The van der Waals surface area contributed by atoms with Crippen molar-refractivity contribution in [2.45, 2.75) is 0 Å². The quantitative estimate of drug-likeness (QED) is 0.315. The van der Waals surface area contributed by atoms with E-state index in [0.29, 0.717) is 0 Å². The Bertz CT molecular complexity index is 1770. The Morgan fingerprint density at radius 2 is 1.09 bits per heavy atom. The molecule has 0 aliphatic carbocycles. The van der Waals surface area contributed by atoms with Gasteiger partial charge in [-0.3, -0.25) is 0 Å². The number of aromatic amines is 1. The summed E-state index contributed by atoms with van der Waals surface area (Å²) in [5.41, 5.74) is 9.77. The number of hydrogen-bond donors (Lipinski definition) is 1. The molecular weight excluding hydrogens is 399 g/mol. The summed E-state index contributed by atoms with van der Waals surface area (Å²) < 4.78 is 2.36. The standard InChI is InChI=1S/C30H21BN2/c31-21-12-16-28-26(18-21)25-17-20(11-15-27(25)32-28)19-9-13-22(14-10-19)33-29-7-3-1-5-23(29)24-6-2-4-8-30(24)33/h1-18,32H,31H2. The third-order valence-corrected chi connectivity index (χ3v) is 6.79. The third kappa shape index (κ3) is 2.76. The highest BCUT2D eigenvalue weighted by atomic mass is 15.0. The van der Waals surface area contributed by atoms with E-state index in [-0.39, 0.29) is 0 Å². The number of benzene rings is 5. The summed E-state index contributed by atoms with van der Waals surface area (Å²) in [6, 6.07) is 39.5. The van der Waals surface area contributed by atoms with Gasteiger partial charge in [-0.2, -0.15) is 0 Å². The van der Waals surface area contributed by atoms with Crippen LogP contribution in [0.2, 0.25) is 0 Å². The lowest BCUT2D eigenvalue weighted by Crippen LogP contribution is -1.98. The third-order valence-electron chi connectivity index (χ3n) is 6.79. The second kappa shape index (κ2) is 6.88. The molecule has 0 aliphatic heterocycles. The summed E-state index contributed by atoms with van der Waals surface area (Å²) in [6.45, 7) is 0. The lowest BCUT2D eigenvalue weighted by Gasteiger charge is -2.09. The molecule has 0 aliphatic rings. The molecule has 7 rings (SSSR count). The highest BCUT2D eigenvalue weighted by Gasteiger charge is 2.12. The normalized spacial score (nSPS) is 11.8. The fourth-order valence-electron chi connectivity index (χ4n) is 5.19. The number of nitrogens with zero attached hydrogens (tertiary/aromatic N) is 1. The van der Waals surface area contributed by atoms with Crippen LogP contribution in [-0.2, 0) is 0 Å². The zero-order chi connectivity index (χ0) is 21.9. The molecule has 0 fully saturated rings. The van der Waals surface area contributed by atoms with Gasteiger partial charge in [0.05, 0.1) is 11.0 Å². The first kappa shape index (κ1) is 18.3.